The molecule has 0 aliphatic carbocycles. The predicted octanol–water partition coefficient (Wildman–Crippen LogP) is 1.79. The molecule has 0 bridgehead atoms. The van der Waals surface area contributed by atoms with E-state index in [1.165, 1.54) is 0 Å². The van der Waals surface area contributed by atoms with Crippen molar-refractivity contribution < 1.29 is 4.79 Å². The van der Waals surface area contributed by atoms with Crippen molar-refractivity contribution >= 4 is 18.3 Å². The molecule has 22 heavy (non-hydrogen) atoms. The lowest BCUT2D eigenvalue weighted by Gasteiger charge is -2.30. The lowest BCUT2D eigenvalue weighted by molar-refractivity contribution is -0.131. The van der Waals surface area contributed by atoms with Crippen molar-refractivity contribution in [2.75, 3.05) is 13.1 Å². The number of hydrogen-bond donors (Lipinski definition) is 1. The van der Waals surface area contributed by atoms with E-state index < -0.39 is 0 Å². The molecule has 2 aromatic rings. The summed E-state index contributed by atoms with van der Waals surface area (Å²) < 4.78 is 1.80. The van der Waals surface area contributed by atoms with Crippen LogP contribution in [0.3, 0.4) is 0 Å². The van der Waals surface area contributed by atoms with Gasteiger partial charge in [-0.25, -0.2) is 4.68 Å². The molecule has 1 saturated heterocycles. The van der Waals surface area contributed by atoms with Gasteiger partial charge in [0.15, 0.2) is 0 Å². The van der Waals surface area contributed by atoms with E-state index in [1.54, 1.807) is 10.9 Å². The molecule has 2 N–H and O–H groups in total. The molecular formula is C16H21ClN4O. The number of benzene rings is 1. The molecule has 0 spiro atoms. The van der Waals surface area contributed by atoms with Crippen LogP contribution in [0.25, 0.3) is 5.69 Å². The Bertz CT molecular complexity index is 614. The van der Waals surface area contributed by atoms with Gasteiger partial charge in [0.05, 0.1) is 18.3 Å². The van der Waals surface area contributed by atoms with E-state index in [-0.39, 0.29) is 24.4 Å². The summed E-state index contributed by atoms with van der Waals surface area (Å²) in [4.78, 5) is 14.2. The molecule has 1 amide bonds. The zero-order chi connectivity index (χ0) is 14.7. The SMILES string of the molecule is Cl.NC1CCCN(C(=O)Cc2cnn(-c3ccccc3)c2)C1. The Morgan fingerprint density at radius 3 is 2.82 bits per heavy atom. The van der Waals surface area contributed by atoms with Crippen molar-refractivity contribution in [3.8, 4) is 5.69 Å². The monoisotopic (exact) mass is 320 g/mol. The molecule has 1 fully saturated rings. The highest BCUT2D eigenvalue weighted by Crippen LogP contribution is 2.12. The van der Waals surface area contributed by atoms with Crippen LogP contribution in [0.5, 0.6) is 0 Å². The van der Waals surface area contributed by atoms with Crippen molar-refractivity contribution in [2.24, 2.45) is 5.73 Å². The standard InChI is InChI=1S/C16H20N4O.ClH/c17-14-5-4-8-19(12-14)16(21)9-13-10-18-20(11-13)15-6-2-1-3-7-15;/h1-3,6-7,10-11,14H,4-5,8-9,12,17H2;1H. The highest BCUT2D eigenvalue weighted by molar-refractivity contribution is 5.85. The van der Waals surface area contributed by atoms with E-state index in [1.807, 2.05) is 41.4 Å². The van der Waals surface area contributed by atoms with Gasteiger partial charge in [-0.1, -0.05) is 18.2 Å². The van der Waals surface area contributed by atoms with E-state index >= 15 is 0 Å². The molecular weight excluding hydrogens is 300 g/mol. The predicted molar refractivity (Wildman–Crippen MR) is 88.3 cm³/mol. The van der Waals surface area contributed by atoms with Gasteiger partial charge in [0.25, 0.3) is 0 Å². The van der Waals surface area contributed by atoms with Gasteiger partial charge >= 0.3 is 0 Å². The molecule has 1 aromatic heterocycles. The fourth-order valence-corrected chi connectivity index (χ4v) is 2.70. The van der Waals surface area contributed by atoms with Gasteiger partial charge in [0.2, 0.25) is 5.91 Å². The van der Waals surface area contributed by atoms with E-state index in [2.05, 4.69) is 5.10 Å². The molecule has 6 heteroatoms. The Morgan fingerprint density at radius 1 is 1.32 bits per heavy atom. The number of nitrogens with two attached hydrogens (primary N) is 1. The number of nitrogens with zero attached hydrogens (tertiary/aromatic N) is 3. The Labute approximate surface area is 136 Å². The van der Waals surface area contributed by atoms with Gasteiger partial charge in [-0.3, -0.25) is 4.79 Å². The molecule has 5 nitrogen and oxygen atoms in total. The average Bonchev–Trinajstić information content (AvgIpc) is 2.97. The van der Waals surface area contributed by atoms with Crippen LogP contribution in [0.1, 0.15) is 18.4 Å². The largest absolute Gasteiger partial charge is 0.341 e. The lowest BCUT2D eigenvalue weighted by Crippen LogP contribution is -2.46. The number of halogens is 1. The highest BCUT2D eigenvalue weighted by Gasteiger charge is 2.21. The third-order valence-electron chi connectivity index (χ3n) is 3.82. The molecule has 1 unspecified atom stereocenters. The summed E-state index contributed by atoms with van der Waals surface area (Å²) in [6.45, 7) is 1.49. The Hall–Kier alpha value is -1.85. The quantitative estimate of drug-likeness (QED) is 0.937. The average molecular weight is 321 g/mol. The van der Waals surface area contributed by atoms with Crippen molar-refractivity contribution in [3.05, 3.63) is 48.3 Å². The minimum atomic E-state index is 0. The summed E-state index contributed by atoms with van der Waals surface area (Å²) >= 11 is 0. The van der Waals surface area contributed by atoms with Crippen LogP contribution >= 0.6 is 12.4 Å². The number of amides is 1. The summed E-state index contributed by atoms with van der Waals surface area (Å²) in [6.07, 6.45) is 6.07. The number of carbonyl (C=O) groups is 1. The fraction of sp³-hybridized carbons (Fsp3) is 0.375. The van der Waals surface area contributed by atoms with Crippen LogP contribution in [0.15, 0.2) is 42.7 Å². The van der Waals surface area contributed by atoms with E-state index in [0.717, 1.165) is 30.6 Å². The second-order valence-corrected chi connectivity index (χ2v) is 5.55. The van der Waals surface area contributed by atoms with Crippen LogP contribution in [-0.2, 0) is 11.2 Å². The second kappa shape index (κ2) is 7.42. The zero-order valence-electron chi connectivity index (χ0n) is 12.4. The van der Waals surface area contributed by atoms with Crippen molar-refractivity contribution in [2.45, 2.75) is 25.3 Å². The Balaban J connectivity index is 0.00000176. The normalized spacial score (nSPS) is 17.9. The first-order valence-corrected chi connectivity index (χ1v) is 7.35. The maximum atomic E-state index is 12.3. The molecule has 1 aliphatic heterocycles. The third kappa shape index (κ3) is 3.87. The molecule has 118 valence electrons. The second-order valence-electron chi connectivity index (χ2n) is 5.55. The summed E-state index contributed by atoms with van der Waals surface area (Å²) in [5.74, 6) is 0.137. The van der Waals surface area contributed by atoms with Crippen LogP contribution in [0.2, 0.25) is 0 Å². The molecule has 3 rings (SSSR count). The van der Waals surface area contributed by atoms with E-state index in [0.29, 0.717) is 13.0 Å². The maximum absolute atomic E-state index is 12.3. The van der Waals surface area contributed by atoms with Gasteiger partial charge in [-0.2, -0.15) is 5.10 Å². The van der Waals surface area contributed by atoms with Gasteiger partial charge < -0.3 is 10.6 Å². The summed E-state index contributed by atoms with van der Waals surface area (Å²) in [5, 5.41) is 4.32. The minimum absolute atomic E-state index is 0. The van der Waals surface area contributed by atoms with Crippen LogP contribution in [-0.4, -0.2) is 39.7 Å². The molecule has 0 saturated carbocycles. The number of hydrogen-bond acceptors (Lipinski definition) is 3. The van der Waals surface area contributed by atoms with Gasteiger partial charge in [-0.15, -0.1) is 12.4 Å². The van der Waals surface area contributed by atoms with Crippen molar-refractivity contribution in [1.82, 2.24) is 14.7 Å². The molecule has 1 aromatic carbocycles. The first-order chi connectivity index (χ1) is 10.2. The number of likely N-dealkylation sites (tertiary alicyclic amines) is 1. The molecule has 1 atom stereocenters. The first kappa shape index (κ1) is 16.5. The van der Waals surface area contributed by atoms with Gasteiger partial charge in [0.1, 0.15) is 0 Å². The van der Waals surface area contributed by atoms with Crippen molar-refractivity contribution in [3.63, 3.8) is 0 Å². The van der Waals surface area contributed by atoms with Crippen LogP contribution in [0.4, 0.5) is 0 Å². The van der Waals surface area contributed by atoms with Gasteiger partial charge in [-0.05, 0) is 30.5 Å². The zero-order valence-corrected chi connectivity index (χ0v) is 13.2. The Kier molecular flexibility index (Phi) is 5.57. The number of carbonyl (C=O) groups excluding carboxylic acids is 1. The van der Waals surface area contributed by atoms with E-state index in [9.17, 15) is 4.79 Å². The van der Waals surface area contributed by atoms with E-state index in [4.69, 9.17) is 5.73 Å². The molecule has 0 radical (unpaired) electrons. The smallest absolute Gasteiger partial charge is 0.227 e. The molecule has 1 aliphatic rings. The van der Waals surface area contributed by atoms with Crippen LogP contribution < -0.4 is 5.73 Å². The number of para-hydroxylation sites is 1. The van der Waals surface area contributed by atoms with Crippen LogP contribution in [0, 0.1) is 0 Å². The minimum Gasteiger partial charge on any atom is -0.341 e. The topological polar surface area (TPSA) is 64.2 Å². The summed E-state index contributed by atoms with van der Waals surface area (Å²) in [5.41, 5.74) is 7.86. The summed E-state index contributed by atoms with van der Waals surface area (Å²) in [6, 6.07) is 10.0. The fourth-order valence-electron chi connectivity index (χ4n) is 2.70. The summed E-state index contributed by atoms with van der Waals surface area (Å²) in [7, 11) is 0. The maximum Gasteiger partial charge on any atom is 0.227 e. The van der Waals surface area contributed by atoms with Gasteiger partial charge in [0, 0.05) is 25.3 Å². The molecule has 2 heterocycles. The Morgan fingerprint density at radius 2 is 2.09 bits per heavy atom. The van der Waals surface area contributed by atoms with Crippen molar-refractivity contribution in [1.29, 1.82) is 0 Å². The third-order valence-corrected chi connectivity index (χ3v) is 3.82. The first-order valence-electron chi connectivity index (χ1n) is 7.35. The number of piperidine rings is 1. The number of aromatic nitrogens is 2. The highest BCUT2D eigenvalue weighted by atomic mass is 35.5. The number of rotatable bonds is 3. The lowest BCUT2D eigenvalue weighted by atomic mass is 10.1.